The molecule has 0 saturated heterocycles. The van der Waals surface area contributed by atoms with Gasteiger partial charge in [-0.3, -0.25) is 0 Å². The van der Waals surface area contributed by atoms with Crippen LogP contribution in [0, 0.1) is 5.82 Å². The van der Waals surface area contributed by atoms with Crippen LogP contribution >= 0.6 is 11.8 Å². The molecule has 2 aromatic rings. The SMILES string of the molecule is COC(CN)Cc1nc(CSc2ccc(F)cc2)no1. The second-order valence-corrected chi connectivity index (χ2v) is 5.19. The molecule has 20 heavy (non-hydrogen) atoms. The molecule has 0 radical (unpaired) electrons. The Morgan fingerprint density at radius 3 is 2.80 bits per heavy atom. The van der Waals surface area contributed by atoms with Crippen LogP contribution in [0.5, 0.6) is 0 Å². The number of benzene rings is 1. The fourth-order valence-electron chi connectivity index (χ4n) is 1.57. The molecule has 0 aliphatic heterocycles. The van der Waals surface area contributed by atoms with E-state index >= 15 is 0 Å². The van der Waals surface area contributed by atoms with Crippen molar-refractivity contribution in [3.05, 3.63) is 41.8 Å². The van der Waals surface area contributed by atoms with Crippen molar-refractivity contribution in [2.45, 2.75) is 23.2 Å². The lowest BCUT2D eigenvalue weighted by molar-refractivity contribution is 0.102. The van der Waals surface area contributed by atoms with Gasteiger partial charge >= 0.3 is 0 Å². The van der Waals surface area contributed by atoms with E-state index in [1.54, 1.807) is 19.2 Å². The summed E-state index contributed by atoms with van der Waals surface area (Å²) in [4.78, 5) is 5.22. The molecule has 0 amide bonds. The van der Waals surface area contributed by atoms with Gasteiger partial charge in [-0.1, -0.05) is 5.16 Å². The maximum atomic E-state index is 12.8. The summed E-state index contributed by atoms with van der Waals surface area (Å²) in [6, 6.07) is 6.29. The molecule has 0 bridgehead atoms. The van der Waals surface area contributed by atoms with E-state index in [-0.39, 0.29) is 11.9 Å². The maximum Gasteiger partial charge on any atom is 0.229 e. The number of rotatable bonds is 7. The minimum atomic E-state index is -0.247. The first-order valence-corrected chi connectivity index (χ1v) is 7.12. The lowest BCUT2D eigenvalue weighted by atomic mass is 10.2. The Labute approximate surface area is 120 Å². The summed E-state index contributed by atoms with van der Waals surface area (Å²) in [5, 5.41) is 3.89. The minimum Gasteiger partial charge on any atom is -0.380 e. The summed E-state index contributed by atoms with van der Waals surface area (Å²) in [6.07, 6.45) is 0.384. The standard InChI is InChI=1S/C13H16FN3O2S/c1-18-10(7-15)6-13-16-12(17-19-13)8-20-11-4-2-9(14)3-5-11/h2-5,10H,6-8,15H2,1H3. The largest absolute Gasteiger partial charge is 0.380 e. The van der Waals surface area contributed by atoms with Crippen LogP contribution in [0.2, 0.25) is 0 Å². The average Bonchev–Trinajstić information content (AvgIpc) is 2.92. The summed E-state index contributed by atoms with van der Waals surface area (Å²) in [5.41, 5.74) is 5.54. The van der Waals surface area contributed by atoms with Crippen molar-refractivity contribution >= 4 is 11.8 Å². The molecule has 2 N–H and O–H groups in total. The Balaban J connectivity index is 1.87. The normalized spacial score (nSPS) is 12.6. The number of halogens is 1. The lowest BCUT2D eigenvalue weighted by Gasteiger charge is -2.08. The third kappa shape index (κ3) is 4.29. The van der Waals surface area contributed by atoms with E-state index in [1.165, 1.54) is 23.9 Å². The molecule has 1 atom stereocenters. The van der Waals surface area contributed by atoms with Gasteiger partial charge in [0, 0.05) is 18.6 Å². The minimum absolute atomic E-state index is 0.118. The van der Waals surface area contributed by atoms with Gasteiger partial charge in [-0.05, 0) is 24.3 Å². The third-order valence-electron chi connectivity index (χ3n) is 2.69. The fraction of sp³-hybridized carbons (Fsp3) is 0.385. The van der Waals surface area contributed by atoms with Gasteiger partial charge in [0.2, 0.25) is 5.89 Å². The van der Waals surface area contributed by atoms with Crippen molar-refractivity contribution in [3.63, 3.8) is 0 Å². The lowest BCUT2D eigenvalue weighted by Crippen LogP contribution is -2.24. The number of aromatic nitrogens is 2. The van der Waals surface area contributed by atoms with Gasteiger partial charge in [-0.15, -0.1) is 11.8 Å². The Hall–Kier alpha value is -1.44. The highest BCUT2D eigenvalue weighted by molar-refractivity contribution is 7.98. The molecule has 0 aliphatic rings. The summed E-state index contributed by atoms with van der Waals surface area (Å²) >= 11 is 1.52. The molecular formula is C13H16FN3O2S. The van der Waals surface area contributed by atoms with Gasteiger partial charge in [0.05, 0.1) is 18.3 Å². The number of nitrogens with two attached hydrogens (primary N) is 1. The van der Waals surface area contributed by atoms with Gasteiger partial charge < -0.3 is 15.0 Å². The number of nitrogens with zero attached hydrogens (tertiary/aromatic N) is 2. The second kappa shape index (κ2) is 7.37. The molecular weight excluding hydrogens is 281 g/mol. The first-order valence-electron chi connectivity index (χ1n) is 6.14. The molecule has 1 aromatic carbocycles. The molecule has 5 nitrogen and oxygen atoms in total. The predicted molar refractivity (Wildman–Crippen MR) is 73.8 cm³/mol. The first kappa shape index (κ1) is 15.0. The second-order valence-electron chi connectivity index (χ2n) is 4.14. The van der Waals surface area contributed by atoms with E-state index in [0.29, 0.717) is 30.4 Å². The van der Waals surface area contributed by atoms with E-state index in [0.717, 1.165) is 4.90 Å². The molecule has 0 saturated carbocycles. The summed E-state index contributed by atoms with van der Waals surface area (Å²) in [7, 11) is 1.60. The summed E-state index contributed by atoms with van der Waals surface area (Å²) in [5.74, 6) is 1.43. The van der Waals surface area contributed by atoms with Crippen LogP contribution < -0.4 is 5.73 Å². The van der Waals surface area contributed by atoms with Gasteiger partial charge in [0.25, 0.3) is 0 Å². The maximum absolute atomic E-state index is 12.8. The first-order chi connectivity index (χ1) is 9.71. The van der Waals surface area contributed by atoms with Crippen molar-refractivity contribution < 1.29 is 13.7 Å². The summed E-state index contributed by atoms with van der Waals surface area (Å²) < 4.78 is 23.1. The van der Waals surface area contributed by atoms with Crippen LogP contribution in [0.1, 0.15) is 11.7 Å². The van der Waals surface area contributed by atoms with Crippen molar-refractivity contribution in [1.82, 2.24) is 10.1 Å². The van der Waals surface area contributed by atoms with Crippen molar-refractivity contribution in [2.24, 2.45) is 5.73 Å². The zero-order valence-electron chi connectivity index (χ0n) is 11.1. The number of hydrogen-bond acceptors (Lipinski definition) is 6. The van der Waals surface area contributed by atoms with Crippen molar-refractivity contribution in [1.29, 1.82) is 0 Å². The monoisotopic (exact) mass is 297 g/mol. The van der Waals surface area contributed by atoms with Gasteiger partial charge in [-0.2, -0.15) is 4.98 Å². The topological polar surface area (TPSA) is 74.2 Å². The Morgan fingerprint density at radius 2 is 2.15 bits per heavy atom. The Morgan fingerprint density at radius 1 is 1.40 bits per heavy atom. The molecule has 0 aliphatic carbocycles. The van der Waals surface area contributed by atoms with E-state index in [4.69, 9.17) is 15.0 Å². The number of methoxy groups -OCH3 is 1. The van der Waals surface area contributed by atoms with E-state index in [1.807, 2.05) is 0 Å². The van der Waals surface area contributed by atoms with E-state index in [2.05, 4.69) is 10.1 Å². The average molecular weight is 297 g/mol. The van der Waals surface area contributed by atoms with Crippen LogP contribution in [0.3, 0.4) is 0 Å². The Bertz CT molecular complexity index is 529. The van der Waals surface area contributed by atoms with Crippen LogP contribution in [0.15, 0.2) is 33.7 Å². The predicted octanol–water partition coefficient (Wildman–Crippen LogP) is 2.02. The zero-order valence-corrected chi connectivity index (χ0v) is 11.9. The van der Waals surface area contributed by atoms with E-state index < -0.39 is 0 Å². The molecule has 1 aromatic heterocycles. The smallest absolute Gasteiger partial charge is 0.229 e. The Kier molecular flexibility index (Phi) is 5.51. The number of thioether (sulfide) groups is 1. The number of ether oxygens (including phenoxy) is 1. The van der Waals surface area contributed by atoms with Crippen molar-refractivity contribution in [3.8, 4) is 0 Å². The number of hydrogen-bond donors (Lipinski definition) is 1. The van der Waals surface area contributed by atoms with Crippen molar-refractivity contribution in [2.75, 3.05) is 13.7 Å². The fourth-order valence-corrected chi connectivity index (χ4v) is 2.31. The zero-order chi connectivity index (χ0) is 14.4. The third-order valence-corrected chi connectivity index (χ3v) is 3.70. The van der Waals surface area contributed by atoms with Crippen LogP contribution in [-0.4, -0.2) is 29.9 Å². The molecule has 108 valence electrons. The van der Waals surface area contributed by atoms with Gasteiger partial charge in [-0.25, -0.2) is 4.39 Å². The quantitative estimate of drug-likeness (QED) is 0.788. The van der Waals surface area contributed by atoms with Crippen LogP contribution in [0.4, 0.5) is 4.39 Å². The molecule has 1 unspecified atom stereocenters. The summed E-state index contributed by atoms with van der Waals surface area (Å²) in [6.45, 7) is 0.401. The van der Waals surface area contributed by atoms with E-state index in [9.17, 15) is 4.39 Å². The highest BCUT2D eigenvalue weighted by Gasteiger charge is 2.13. The highest BCUT2D eigenvalue weighted by Crippen LogP contribution is 2.21. The molecule has 7 heteroatoms. The molecule has 2 rings (SSSR count). The van der Waals surface area contributed by atoms with Crippen LogP contribution in [0.25, 0.3) is 0 Å². The van der Waals surface area contributed by atoms with Gasteiger partial charge in [0.15, 0.2) is 5.82 Å². The molecule has 1 heterocycles. The molecule has 0 spiro atoms. The van der Waals surface area contributed by atoms with Crippen LogP contribution in [-0.2, 0) is 16.9 Å². The van der Waals surface area contributed by atoms with Gasteiger partial charge in [0.1, 0.15) is 5.82 Å². The highest BCUT2D eigenvalue weighted by atomic mass is 32.2. The molecule has 0 fully saturated rings.